The van der Waals surface area contributed by atoms with Crippen LogP contribution < -0.4 is 5.73 Å². The second kappa shape index (κ2) is 6.76. The molecule has 2 N–H and O–H groups in total. The molecule has 1 heterocycles. The molecule has 1 saturated carbocycles. The number of furan rings is 1. The SMILES string of the molecule is CN(C)CCN(C(=O)c1coc(C(N)=O)c1)C1CCCC1. The van der Waals surface area contributed by atoms with Crippen LogP contribution in [0.15, 0.2) is 16.7 Å². The topological polar surface area (TPSA) is 79.8 Å². The molecular weight excluding hydrogens is 270 g/mol. The third-order valence-electron chi connectivity index (χ3n) is 3.90. The molecule has 0 bridgehead atoms. The van der Waals surface area contributed by atoms with Crippen molar-refractivity contribution in [3.8, 4) is 0 Å². The van der Waals surface area contributed by atoms with E-state index in [0.717, 1.165) is 32.2 Å². The van der Waals surface area contributed by atoms with Crippen LogP contribution >= 0.6 is 0 Å². The molecule has 0 saturated heterocycles. The second-order valence-electron chi connectivity index (χ2n) is 5.80. The third-order valence-corrected chi connectivity index (χ3v) is 3.90. The van der Waals surface area contributed by atoms with Gasteiger partial charge in [0.2, 0.25) is 0 Å². The molecule has 1 fully saturated rings. The fraction of sp³-hybridized carbons (Fsp3) is 0.600. The van der Waals surface area contributed by atoms with Gasteiger partial charge in [-0.3, -0.25) is 9.59 Å². The Kier molecular flexibility index (Phi) is 5.01. The van der Waals surface area contributed by atoms with Crippen LogP contribution in [0.25, 0.3) is 0 Å². The molecule has 6 nitrogen and oxygen atoms in total. The molecule has 6 heteroatoms. The predicted molar refractivity (Wildman–Crippen MR) is 79.1 cm³/mol. The molecule has 0 spiro atoms. The van der Waals surface area contributed by atoms with Crippen molar-refractivity contribution in [1.29, 1.82) is 0 Å². The van der Waals surface area contributed by atoms with Gasteiger partial charge in [-0.15, -0.1) is 0 Å². The molecule has 2 amide bonds. The number of hydrogen-bond acceptors (Lipinski definition) is 4. The van der Waals surface area contributed by atoms with E-state index in [1.807, 2.05) is 19.0 Å². The highest BCUT2D eigenvalue weighted by Gasteiger charge is 2.28. The van der Waals surface area contributed by atoms with Crippen molar-refractivity contribution >= 4 is 11.8 Å². The monoisotopic (exact) mass is 293 g/mol. The Hall–Kier alpha value is -1.82. The van der Waals surface area contributed by atoms with Crippen LogP contribution in [0.4, 0.5) is 0 Å². The minimum Gasteiger partial charge on any atom is -0.458 e. The Balaban J connectivity index is 2.13. The standard InChI is InChI=1S/C15H23N3O3/c1-17(2)7-8-18(12-5-3-4-6-12)15(20)11-9-13(14(16)19)21-10-11/h9-10,12H,3-8H2,1-2H3,(H2,16,19). The van der Waals surface area contributed by atoms with Gasteiger partial charge in [0.05, 0.1) is 5.56 Å². The summed E-state index contributed by atoms with van der Waals surface area (Å²) in [5, 5.41) is 0. The summed E-state index contributed by atoms with van der Waals surface area (Å²) in [7, 11) is 3.97. The van der Waals surface area contributed by atoms with Crippen LogP contribution in [-0.2, 0) is 0 Å². The van der Waals surface area contributed by atoms with Gasteiger partial charge >= 0.3 is 0 Å². The number of nitrogens with two attached hydrogens (primary N) is 1. The van der Waals surface area contributed by atoms with Crippen LogP contribution in [0.5, 0.6) is 0 Å². The van der Waals surface area contributed by atoms with E-state index in [1.165, 1.54) is 12.3 Å². The molecule has 1 aromatic heterocycles. The maximum atomic E-state index is 12.7. The summed E-state index contributed by atoms with van der Waals surface area (Å²) in [5.74, 6) is -0.716. The summed E-state index contributed by atoms with van der Waals surface area (Å²) in [5.41, 5.74) is 5.56. The van der Waals surface area contributed by atoms with Gasteiger partial charge in [0, 0.05) is 25.2 Å². The quantitative estimate of drug-likeness (QED) is 0.858. The van der Waals surface area contributed by atoms with Crippen molar-refractivity contribution in [2.75, 3.05) is 27.2 Å². The van der Waals surface area contributed by atoms with Gasteiger partial charge in [0.1, 0.15) is 6.26 Å². The Bertz CT molecular complexity index is 504. The van der Waals surface area contributed by atoms with E-state index in [2.05, 4.69) is 4.90 Å². The van der Waals surface area contributed by atoms with E-state index in [-0.39, 0.29) is 17.7 Å². The lowest BCUT2D eigenvalue weighted by Gasteiger charge is -2.29. The Labute approximate surface area is 124 Å². The lowest BCUT2D eigenvalue weighted by atomic mass is 10.1. The molecule has 0 aromatic carbocycles. The van der Waals surface area contributed by atoms with Crippen molar-refractivity contribution in [3.63, 3.8) is 0 Å². The smallest absolute Gasteiger partial charge is 0.284 e. The van der Waals surface area contributed by atoms with Crippen molar-refractivity contribution in [2.24, 2.45) is 5.73 Å². The number of hydrogen-bond donors (Lipinski definition) is 1. The zero-order valence-electron chi connectivity index (χ0n) is 12.7. The van der Waals surface area contributed by atoms with Gasteiger partial charge < -0.3 is 20.0 Å². The second-order valence-corrected chi connectivity index (χ2v) is 5.80. The summed E-state index contributed by atoms with van der Waals surface area (Å²) in [6.07, 6.45) is 5.72. The lowest BCUT2D eigenvalue weighted by molar-refractivity contribution is 0.0666. The molecule has 0 atom stereocenters. The summed E-state index contributed by atoms with van der Waals surface area (Å²) in [4.78, 5) is 27.7. The number of amides is 2. The summed E-state index contributed by atoms with van der Waals surface area (Å²) >= 11 is 0. The number of carbonyl (C=O) groups excluding carboxylic acids is 2. The number of primary amides is 1. The summed E-state index contributed by atoms with van der Waals surface area (Å²) in [6.45, 7) is 1.48. The van der Waals surface area contributed by atoms with E-state index in [1.54, 1.807) is 0 Å². The fourth-order valence-corrected chi connectivity index (χ4v) is 2.72. The van der Waals surface area contributed by atoms with Crippen molar-refractivity contribution < 1.29 is 14.0 Å². The Morgan fingerprint density at radius 2 is 1.95 bits per heavy atom. The fourth-order valence-electron chi connectivity index (χ4n) is 2.72. The molecular formula is C15H23N3O3. The Morgan fingerprint density at radius 1 is 1.29 bits per heavy atom. The van der Waals surface area contributed by atoms with Crippen LogP contribution in [0, 0.1) is 0 Å². The first-order chi connectivity index (χ1) is 9.99. The zero-order valence-corrected chi connectivity index (χ0v) is 12.7. The molecule has 21 heavy (non-hydrogen) atoms. The minimum absolute atomic E-state index is 0.0253. The maximum absolute atomic E-state index is 12.7. The molecule has 0 aliphatic heterocycles. The average molecular weight is 293 g/mol. The molecule has 0 unspecified atom stereocenters. The molecule has 1 aliphatic carbocycles. The first kappa shape index (κ1) is 15.6. The van der Waals surface area contributed by atoms with E-state index in [4.69, 9.17) is 10.2 Å². The van der Waals surface area contributed by atoms with Crippen molar-refractivity contribution in [2.45, 2.75) is 31.7 Å². The Morgan fingerprint density at radius 3 is 2.48 bits per heavy atom. The van der Waals surface area contributed by atoms with Gasteiger partial charge in [0.25, 0.3) is 11.8 Å². The van der Waals surface area contributed by atoms with Gasteiger partial charge in [0.15, 0.2) is 5.76 Å². The molecule has 1 aromatic rings. The highest BCUT2D eigenvalue weighted by Crippen LogP contribution is 2.25. The normalized spacial score (nSPS) is 15.6. The largest absolute Gasteiger partial charge is 0.458 e. The third kappa shape index (κ3) is 3.85. The van der Waals surface area contributed by atoms with Crippen LogP contribution in [0.1, 0.15) is 46.6 Å². The van der Waals surface area contributed by atoms with Crippen LogP contribution in [0.3, 0.4) is 0 Å². The van der Waals surface area contributed by atoms with E-state index < -0.39 is 5.91 Å². The van der Waals surface area contributed by atoms with E-state index in [9.17, 15) is 9.59 Å². The van der Waals surface area contributed by atoms with Gasteiger partial charge in [-0.25, -0.2) is 0 Å². The van der Waals surface area contributed by atoms with Crippen molar-refractivity contribution in [3.05, 3.63) is 23.7 Å². The van der Waals surface area contributed by atoms with E-state index in [0.29, 0.717) is 12.1 Å². The van der Waals surface area contributed by atoms with Gasteiger partial charge in [-0.2, -0.15) is 0 Å². The molecule has 0 radical (unpaired) electrons. The van der Waals surface area contributed by atoms with Gasteiger partial charge in [-0.1, -0.05) is 12.8 Å². The number of rotatable bonds is 6. The lowest BCUT2D eigenvalue weighted by Crippen LogP contribution is -2.42. The molecule has 1 aliphatic rings. The zero-order chi connectivity index (χ0) is 15.4. The number of likely N-dealkylation sites (N-methyl/N-ethyl adjacent to an activating group) is 1. The first-order valence-corrected chi connectivity index (χ1v) is 7.33. The maximum Gasteiger partial charge on any atom is 0.284 e. The first-order valence-electron chi connectivity index (χ1n) is 7.33. The van der Waals surface area contributed by atoms with Crippen molar-refractivity contribution in [1.82, 2.24) is 9.80 Å². The summed E-state index contributed by atoms with van der Waals surface area (Å²) in [6, 6.07) is 1.71. The van der Waals surface area contributed by atoms with Crippen LogP contribution in [-0.4, -0.2) is 54.8 Å². The highest BCUT2D eigenvalue weighted by atomic mass is 16.3. The number of nitrogens with zero attached hydrogens (tertiary/aromatic N) is 2. The molecule has 116 valence electrons. The average Bonchev–Trinajstić information content (AvgIpc) is 3.09. The number of carbonyl (C=O) groups is 2. The van der Waals surface area contributed by atoms with Crippen LogP contribution in [0.2, 0.25) is 0 Å². The highest BCUT2D eigenvalue weighted by molar-refractivity contribution is 5.98. The summed E-state index contributed by atoms with van der Waals surface area (Å²) < 4.78 is 5.05. The minimum atomic E-state index is -0.658. The van der Waals surface area contributed by atoms with E-state index >= 15 is 0 Å². The molecule has 2 rings (SSSR count). The predicted octanol–water partition coefficient (Wildman–Crippen LogP) is 1.32. The van der Waals surface area contributed by atoms with Gasteiger partial charge in [-0.05, 0) is 26.9 Å².